The van der Waals surface area contributed by atoms with Gasteiger partial charge < -0.3 is 14.3 Å². The molecule has 0 spiro atoms. The number of rotatable bonds is 2. The van der Waals surface area contributed by atoms with E-state index in [0.717, 1.165) is 12.8 Å². The molecular formula is C12H17NO4. The Morgan fingerprint density at radius 3 is 2.59 bits per heavy atom. The molecule has 1 aliphatic rings. The fraction of sp³-hybridized carbons (Fsp3) is 0.667. The van der Waals surface area contributed by atoms with Crippen LogP contribution in [0.1, 0.15) is 61.9 Å². The zero-order valence-corrected chi connectivity index (χ0v) is 10.3. The van der Waals surface area contributed by atoms with Crippen LogP contribution in [-0.4, -0.2) is 22.7 Å². The van der Waals surface area contributed by atoms with E-state index in [9.17, 15) is 4.79 Å². The normalized spacial score (nSPS) is 20.8. The highest BCUT2D eigenvalue weighted by Crippen LogP contribution is 2.33. The van der Waals surface area contributed by atoms with Crippen LogP contribution >= 0.6 is 0 Å². The SMILES string of the molecule is CC(C)(C)c1nc(C2CCCO2)oc1C(=O)O. The van der Waals surface area contributed by atoms with Crippen molar-refractivity contribution in [1.29, 1.82) is 0 Å². The van der Waals surface area contributed by atoms with Gasteiger partial charge in [-0.3, -0.25) is 0 Å². The van der Waals surface area contributed by atoms with Crippen LogP contribution in [0, 0.1) is 0 Å². The van der Waals surface area contributed by atoms with Crippen LogP contribution in [0.2, 0.25) is 0 Å². The van der Waals surface area contributed by atoms with Crippen molar-refractivity contribution in [2.24, 2.45) is 0 Å². The standard InChI is InChI=1S/C12H17NO4/c1-12(2,3)9-8(11(14)15)17-10(13-9)7-5-4-6-16-7/h7H,4-6H2,1-3H3,(H,14,15). The molecule has 0 saturated carbocycles. The zero-order chi connectivity index (χ0) is 12.6. The summed E-state index contributed by atoms with van der Waals surface area (Å²) in [4.78, 5) is 15.4. The van der Waals surface area contributed by atoms with Gasteiger partial charge in [0.25, 0.3) is 0 Å². The average Bonchev–Trinajstić information content (AvgIpc) is 2.85. The molecule has 2 rings (SSSR count). The Morgan fingerprint density at radius 1 is 1.47 bits per heavy atom. The quantitative estimate of drug-likeness (QED) is 0.858. The highest BCUT2D eigenvalue weighted by molar-refractivity contribution is 5.86. The van der Waals surface area contributed by atoms with Crippen LogP contribution in [0.5, 0.6) is 0 Å². The van der Waals surface area contributed by atoms with Crippen molar-refractivity contribution in [1.82, 2.24) is 4.98 Å². The fourth-order valence-corrected chi connectivity index (χ4v) is 1.90. The molecular weight excluding hydrogens is 222 g/mol. The second-order valence-electron chi connectivity index (χ2n) is 5.29. The molecule has 1 unspecified atom stereocenters. The van der Waals surface area contributed by atoms with Gasteiger partial charge in [-0.15, -0.1) is 0 Å². The van der Waals surface area contributed by atoms with E-state index in [1.54, 1.807) is 0 Å². The van der Waals surface area contributed by atoms with Gasteiger partial charge in [0.15, 0.2) is 0 Å². The third-order valence-corrected chi connectivity index (χ3v) is 2.75. The van der Waals surface area contributed by atoms with Gasteiger partial charge >= 0.3 is 5.97 Å². The molecule has 17 heavy (non-hydrogen) atoms. The maximum Gasteiger partial charge on any atom is 0.373 e. The summed E-state index contributed by atoms with van der Waals surface area (Å²) in [6.07, 6.45) is 1.60. The van der Waals surface area contributed by atoms with Crippen LogP contribution in [0.25, 0.3) is 0 Å². The molecule has 1 saturated heterocycles. The van der Waals surface area contributed by atoms with E-state index in [2.05, 4.69) is 4.98 Å². The van der Waals surface area contributed by atoms with Crippen molar-refractivity contribution in [2.75, 3.05) is 6.61 Å². The topological polar surface area (TPSA) is 72.6 Å². The second kappa shape index (κ2) is 4.14. The van der Waals surface area contributed by atoms with Gasteiger partial charge in [-0.05, 0) is 12.8 Å². The summed E-state index contributed by atoms with van der Waals surface area (Å²) in [7, 11) is 0. The lowest BCUT2D eigenvalue weighted by atomic mass is 9.91. The average molecular weight is 239 g/mol. The molecule has 0 amide bonds. The summed E-state index contributed by atoms with van der Waals surface area (Å²) in [5, 5.41) is 9.11. The van der Waals surface area contributed by atoms with E-state index < -0.39 is 5.97 Å². The largest absolute Gasteiger partial charge is 0.475 e. The minimum Gasteiger partial charge on any atom is -0.475 e. The number of carbonyl (C=O) groups is 1. The Kier molecular flexibility index (Phi) is 2.95. The van der Waals surface area contributed by atoms with Crippen LogP contribution in [0.15, 0.2) is 4.42 Å². The van der Waals surface area contributed by atoms with Crippen LogP contribution < -0.4 is 0 Å². The van der Waals surface area contributed by atoms with E-state index >= 15 is 0 Å². The number of oxazole rings is 1. The van der Waals surface area contributed by atoms with Crippen LogP contribution in [0.4, 0.5) is 0 Å². The maximum absolute atomic E-state index is 11.1. The Hall–Kier alpha value is -1.36. The molecule has 1 aromatic heterocycles. The predicted octanol–water partition coefficient (Wildman–Crippen LogP) is 2.52. The van der Waals surface area contributed by atoms with Crippen molar-refractivity contribution in [3.8, 4) is 0 Å². The highest BCUT2D eigenvalue weighted by Gasteiger charge is 2.32. The molecule has 2 heterocycles. The monoisotopic (exact) mass is 239 g/mol. The fourth-order valence-electron chi connectivity index (χ4n) is 1.90. The lowest BCUT2D eigenvalue weighted by Gasteiger charge is -2.14. The van der Waals surface area contributed by atoms with E-state index in [-0.39, 0.29) is 17.3 Å². The molecule has 1 atom stereocenters. The van der Waals surface area contributed by atoms with Gasteiger partial charge in [0.2, 0.25) is 11.7 Å². The summed E-state index contributed by atoms with van der Waals surface area (Å²) < 4.78 is 10.8. The molecule has 1 aromatic rings. The van der Waals surface area contributed by atoms with Gasteiger partial charge in [0.1, 0.15) is 6.10 Å². The van der Waals surface area contributed by atoms with Crippen molar-refractivity contribution < 1.29 is 19.1 Å². The van der Waals surface area contributed by atoms with E-state index in [4.69, 9.17) is 14.3 Å². The third-order valence-electron chi connectivity index (χ3n) is 2.75. The first kappa shape index (κ1) is 12.1. The number of carboxylic acid groups (broad SMARTS) is 1. The van der Waals surface area contributed by atoms with Gasteiger partial charge in [-0.1, -0.05) is 20.8 Å². The van der Waals surface area contributed by atoms with E-state index in [0.29, 0.717) is 18.2 Å². The van der Waals surface area contributed by atoms with Crippen LogP contribution in [-0.2, 0) is 10.2 Å². The van der Waals surface area contributed by atoms with E-state index in [1.165, 1.54) is 0 Å². The first-order valence-electron chi connectivity index (χ1n) is 5.75. The number of ether oxygens (including phenoxy) is 1. The number of hydrogen-bond donors (Lipinski definition) is 1. The second-order valence-corrected chi connectivity index (χ2v) is 5.29. The molecule has 1 aliphatic heterocycles. The van der Waals surface area contributed by atoms with E-state index in [1.807, 2.05) is 20.8 Å². The van der Waals surface area contributed by atoms with Gasteiger partial charge in [-0.25, -0.2) is 9.78 Å². The summed E-state index contributed by atoms with van der Waals surface area (Å²) >= 11 is 0. The lowest BCUT2D eigenvalue weighted by molar-refractivity contribution is 0.0630. The Balaban J connectivity index is 2.40. The molecule has 5 nitrogen and oxygen atoms in total. The molecule has 0 bridgehead atoms. The number of carboxylic acids is 1. The van der Waals surface area contributed by atoms with Gasteiger partial charge in [0, 0.05) is 12.0 Å². The van der Waals surface area contributed by atoms with Crippen molar-refractivity contribution in [3.05, 3.63) is 17.3 Å². The number of nitrogens with zero attached hydrogens (tertiary/aromatic N) is 1. The maximum atomic E-state index is 11.1. The minimum atomic E-state index is -1.08. The number of aromatic nitrogens is 1. The Labute approximate surface area is 99.8 Å². The number of hydrogen-bond acceptors (Lipinski definition) is 4. The lowest BCUT2D eigenvalue weighted by Crippen LogP contribution is -2.16. The predicted molar refractivity (Wildman–Crippen MR) is 60.1 cm³/mol. The molecule has 94 valence electrons. The molecule has 1 N–H and O–H groups in total. The molecule has 0 radical (unpaired) electrons. The van der Waals surface area contributed by atoms with Crippen molar-refractivity contribution in [2.45, 2.75) is 45.1 Å². The summed E-state index contributed by atoms with van der Waals surface area (Å²) in [5.41, 5.74) is 0.129. The summed E-state index contributed by atoms with van der Waals surface area (Å²) in [6, 6.07) is 0. The highest BCUT2D eigenvalue weighted by atomic mass is 16.5. The molecule has 0 aliphatic carbocycles. The van der Waals surface area contributed by atoms with Crippen molar-refractivity contribution >= 4 is 5.97 Å². The zero-order valence-electron chi connectivity index (χ0n) is 10.3. The van der Waals surface area contributed by atoms with Crippen LogP contribution in [0.3, 0.4) is 0 Å². The Bertz CT molecular complexity index is 424. The number of aromatic carboxylic acids is 1. The van der Waals surface area contributed by atoms with Gasteiger partial charge in [0.05, 0.1) is 5.69 Å². The summed E-state index contributed by atoms with van der Waals surface area (Å²) in [5.74, 6) is -0.750. The smallest absolute Gasteiger partial charge is 0.373 e. The first-order valence-corrected chi connectivity index (χ1v) is 5.75. The minimum absolute atomic E-state index is 0.0667. The molecule has 5 heteroatoms. The molecule has 0 aromatic carbocycles. The summed E-state index contributed by atoms with van der Waals surface area (Å²) in [6.45, 7) is 6.42. The van der Waals surface area contributed by atoms with Crippen molar-refractivity contribution in [3.63, 3.8) is 0 Å². The Morgan fingerprint density at radius 2 is 2.18 bits per heavy atom. The van der Waals surface area contributed by atoms with Gasteiger partial charge in [-0.2, -0.15) is 0 Å². The first-order chi connectivity index (χ1) is 7.89. The molecule has 1 fully saturated rings. The third kappa shape index (κ3) is 2.34.